The first-order valence-electron chi connectivity index (χ1n) is 7.17. The molecule has 3 nitrogen and oxygen atoms in total. The highest BCUT2D eigenvalue weighted by atomic mass is 127. The van der Waals surface area contributed by atoms with Gasteiger partial charge in [0.25, 0.3) is 0 Å². The molecule has 0 aromatic heterocycles. The summed E-state index contributed by atoms with van der Waals surface area (Å²) in [7, 11) is 3.66. The third-order valence-corrected chi connectivity index (χ3v) is 5.76. The summed E-state index contributed by atoms with van der Waals surface area (Å²) in [6, 6.07) is 9.56. The van der Waals surface area contributed by atoms with Gasteiger partial charge >= 0.3 is 5.97 Å². The molecule has 21 heavy (non-hydrogen) atoms. The van der Waals surface area contributed by atoms with E-state index in [0.29, 0.717) is 18.0 Å². The van der Waals surface area contributed by atoms with Crippen LogP contribution < -0.4 is 0 Å². The molecule has 3 rings (SSSR count). The van der Waals surface area contributed by atoms with E-state index < -0.39 is 0 Å². The first kappa shape index (κ1) is 17.0. The molecule has 2 fully saturated rings. The number of methoxy groups -OCH3 is 1. The topological polar surface area (TPSA) is 29.5 Å². The first-order chi connectivity index (χ1) is 9.61. The highest BCUT2D eigenvalue weighted by Gasteiger charge is 2.49. The Hall–Kier alpha value is -0.330. The number of fused-ring (bicyclic) bond motifs is 2. The molecule has 116 valence electrons. The number of rotatable bonds is 2. The second kappa shape index (κ2) is 6.84. The van der Waals surface area contributed by atoms with Crippen molar-refractivity contribution in [3.8, 4) is 0 Å². The van der Waals surface area contributed by atoms with Gasteiger partial charge < -0.3 is 4.74 Å². The van der Waals surface area contributed by atoms with Crippen LogP contribution in [0.25, 0.3) is 0 Å². The molecule has 2 bridgehead atoms. The fourth-order valence-electron chi connectivity index (χ4n) is 3.98. The van der Waals surface area contributed by atoms with Crippen LogP contribution in [0.15, 0.2) is 24.3 Å². The van der Waals surface area contributed by atoms with E-state index in [4.69, 9.17) is 4.74 Å². The Morgan fingerprint density at radius 1 is 1.29 bits per heavy atom. The van der Waals surface area contributed by atoms with E-state index in [1.807, 2.05) is 0 Å². The Morgan fingerprint density at radius 2 is 1.95 bits per heavy atom. The maximum atomic E-state index is 12.3. The second-order valence-electron chi connectivity index (χ2n) is 5.91. The van der Waals surface area contributed by atoms with Crippen molar-refractivity contribution in [2.45, 2.75) is 37.3 Å². The number of carbonyl (C=O) groups excluding carboxylic acids is 1. The molecular formula is C16H21ClINO2. The minimum absolute atomic E-state index is 0. The zero-order valence-corrected chi connectivity index (χ0v) is 15.3. The van der Waals surface area contributed by atoms with Crippen LogP contribution in [0.3, 0.4) is 0 Å². The number of nitrogens with zero attached hydrogens (tertiary/aromatic N) is 1. The van der Waals surface area contributed by atoms with Gasteiger partial charge in [0.05, 0.1) is 13.0 Å². The molecule has 0 saturated carbocycles. The summed E-state index contributed by atoms with van der Waals surface area (Å²) in [5, 5.41) is 0. The molecule has 0 aliphatic carbocycles. The number of esters is 1. The average molecular weight is 422 g/mol. The Morgan fingerprint density at radius 3 is 2.57 bits per heavy atom. The van der Waals surface area contributed by atoms with Gasteiger partial charge in [-0.05, 0) is 66.6 Å². The van der Waals surface area contributed by atoms with Crippen molar-refractivity contribution in [2.75, 3.05) is 14.2 Å². The quantitative estimate of drug-likeness (QED) is 0.541. The molecule has 1 aromatic carbocycles. The fourth-order valence-corrected chi connectivity index (χ4v) is 4.34. The summed E-state index contributed by atoms with van der Waals surface area (Å²) in [6.07, 6.45) is 3.38. The summed E-state index contributed by atoms with van der Waals surface area (Å²) >= 11 is 2.32. The lowest BCUT2D eigenvalue weighted by atomic mass is 9.76. The fraction of sp³-hybridized carbons (Fsp3) is 0.562. The van der Waals surface area contributed by atoms with Gasteiger partial charge in [0, 0.05) is 21.6 Å². The van der Waals surface area contributed by atoms with Crippen molar-refractivity contribution in [3.05, 3.63) is 33.4 Å². The maximum absolute atomic E-state index is 12.3. The van der Waals surface area contributed by atoms with Gasteiger partial charge in [0.1, 0.15) is 0 Å². The summed E-state index contributed by atoms with van der Waals surface area (Å²) in [4.78, 5) is 14.7. The number of halogens is 2. The summed E-state index contributed by atoms with van der Waals surface area (Å²) in [5.74, 6) is 0.225. The molecule has 2 saturated heterocycles. The lowest BCUT2D eigenvalue weighted by Crippen LogP contribution is -2.49. The molecule has 0 N–H and O–H groups in total. The van der Waals surface area contributed by atoms with E-state index in [9.17, 15) is 4.79 Å². The van der Waals surface area contributed by atoms with Crippen molar-refractivity contribution in [1.82, 2.24) is 4.90 Å². The van der Waals surface area contributed by atoms with E-state index in [0.717, 1.165) is 12.8 Å². The number of benzene rings is 1. The Labute approximate surface area is 146 Å². The summed E-state index contributed by atoms with van der Waals surface area (Å²) < 4.78 is 6.33. The lowest BCUT2D eigenvalue weighted by Gasteiger charge is -2.41. The minimum atomic E-state index is -0.0502. The van der Waals surface area contributed by atoms with E-state index in [1.54, 1.807) is 0 Å². The Kier molecular flexibility index (Phi) is 5.54. The molecule has 0 amide bonds. The summed E-state index contributed by atoms with van der Waals surface area (Å²) in [5.41, 5.74) is 1.28. The van der Waals surface area contributed by atoms with E-state index in [-0.39, 0.29) is 24.3 Å². The Bertz CT molecular complexity index is 508. The smallest absolute Gasteiger partial charge is 0.310 e. The number of piperidine rings is 1. The predicted octanol–water partition coefficient (Wildman–Crippen LogP) is 3.45. The second-order valence-corrected chi connectivity index (χ2v) is 7.15. The van der Waals surface area contributed by atoms with E-state index in [1.165, 1.54) is 22.7 Å². The first-order valence-corrected chi connectivity index (χ1v) is 8.25. The van der Waals surface area contributed by atoms with E-state index in [2.05, 4.69) is 58.8 Å². The number of ether oxygens (including phenoxy) is 1. The zero-order chi connectivity index (χ0) is 14.3. The molecular weight excluding hydrogens is 401 g/mol. The van der Waals surface area contributed by atoms with Gasteiger partial charge in [0.15, 0.2) is 0 Å². The lowest BCUT2D eigenvalue weighted by molar-refractivity contribution is -0.150. The van der Waals surface area contributed by atoms with Gasteiger partial charge in [-0.2, -0.15) is 0 Å². The van der Waals surface area contributed by atoms with Crippen LogP contribution in [-0.2, 0) is 9.53 Å². The van der Waals surface area contributed by atoms with Crippen LogP contribution in [-0.4, -0.2) is 37.1 Å². The molecule has 1 aromatic rings. The number of hydrogen-bond donors (Lipinski definition) is 0. The highest BCUT2D eigenvalue weighted by molar-refractivity contribution is 14.1. The van der Waals surface area contributed by atoms with Crippen LogP contribution in [0.4, 0.5) is 0 Å². The standard InChI is InChI=1S/C16H20INO2.ClH/c1-18-12-7-8-14(18)15(16(19)20-2)13(9-12)10-3-5-11(17)6-4-10;/h3-6,12-15H,7-9H2,1-2H3;1H/t12?,13-,14?,15+;/m1./s1. The van der Waals surface area contributed by atoms with Gasteiger partial charge in [-0.15, -0.1) is 12.4 Å². The zero-order valence-electron chi connectivity index (χ0n) is 12.3. The van der Waals surface area contributed by atoms with Crippen molar-refractivity contribution in [2.24, 2.45) is 5.92 Å². The van der Waals surface area contributed by atoms with Crippen LogP contribution in [0.5, 0.6) is 0 Å². The maximum Gasteiger partial charge on any atom is 0.310 e. The van der Waals surface area contributed by atoms with Gasteiger partial charge in [-0.25, -0.2) is 0 Å². The van der Waals surface area contributed by atoms with Crippen LogP contribution >= 0.6 is 35.0 Å². The average Bonchev–Trinajstić information content (AvgIpc) is 2.70. The van der Waals surface area contributed by atoms with Crippen molar-refractivity contribution in [3.63, 3.8) is 0 Å². The van der Waals surface area contributed by atoms with Crippen molar-refractivity contribution in [1.29, 1.82) is 0 Å². The largest absolute Gasteiger partial charge is 0.469 e. The normalized spacial score (nSPS) is 31.6. The van der Waals surface area contributed by atoms with Gasteiger partial charge in [-0.1, -0.05) is 12.1 Å². The van der Waals surface area contributed by atoms with Crippen LogP contribution in [0, 0.1) is 9.49 Å². The molecule has 4 atom stereocenters. The van der Waals surface area contributed by atoms with Crippen LogP contribution in [0.1, 0.15) is 30.7 Å². The molecule has 5 heteroatoms. The molecule has 2 heterocycles. The Balaban J connectivity index is 0.00000161. The van der Waals surface area contributed by atoms with Gasteiger partial charge in [0.2, 0.25) is 0 Å². The SMILES string of the molecule is COC(=O)[C@@H]1C2CCC(C[C@@H]1c1ccc(I)cc1)N2C.Cl. The molecule has 2 unspecified atom stereocenters. The molecule has 2 aliphatic heterocycles. The molecule has 0 spiro atoms. The minimum Gasteiger partial charge on any atom is -0.469 e. The highest BCUT2D eigenvalue weighted by Crippen LogP contribution is 2.46. The summed E-state index contributed by atoms with van der Waals surface area (Å²) in [6.45, 7) is 0. The van der Waals surface area contributed by atoms with E-state index >= 15 is 0 Å². The molecule has 2 aliphatic rings. The third kappa shape index (κ3) is 3.08. The molecule has 0 radical (unpaired) electrons. The van der Waals surface area contributed by atoms with Gasteiger partial charge in [-0.3, -0.25) is 9.69 Å². The number of carbonyl (C=O) groups is 1. The third-order valence-electron chi connectivity index (χ3n) is 5.04. The predicted molar refractivity (Wildman–Crippen MR) is 93.8 cm³/mol. The van der Waals surface area contributed by atoms with Crippen molar-refractivity contribution < 1.29 is 9.53 Å². The number of hydrogen-bond acceptors (Lipinski definition) is 3. The van der Waals surface area contributed by atoms with Crippen LogP contribution in [0.2, 0.25) is 0 Å². The van der Waals surface area contributed by atoms with Crippen molar-refractivity contribution >= 4 is 41.0 Å². The monoisotopic (exact) mass is 421 g/mol.